The number of ketones is 1. The quantitative estimate of drug-likeness (QED) is 0.254. The molecule has 3 aliphatic heterocycles. The molecule has 3 aliphatic rings. The third-order valence-corrected chi connectivity index (χ3v) is 10.1. The van der Waals surface area contributed by atoms with E-state index in [9.17, 15) is 44.7 Å². The zero-order valence-electron chi connectivity index (χ0n) is 31.6. The Hall–Kier alpha value is -5.12. The Bertz CT molecular complexity index is 1900. The summed E-state index contributed by atoms with van der Waals surface area (Å²) in [5.41, 5.74) is -0.521. The summed E-state index contributed by atoms with van der Waals surface area (Å²) in [6.07, 6.45) is 3.23. The number of carbonyl (C=O) groups excluding carboxylic acids is 4. The largest absolute Gasteiger partial charge is 0.872 e. The number of allylic oxidation sites excluding steroid dienone is 2. The first-order valence-electron chi connectivity index (χ1n) is 17.4. The van der Waals surface area contributed by atoms with Crippen LogP contribution in [0.5, 0.6) is 23.0 Å². The first-order valence-corrected chi connectivity index (χ1v) is 17.4. The van der Waals surface area contributed by atoms with Crippen molar-refractivity contribution in [2.45, 2.75) is 85.6 Å². The number of carboxylic acids is 1. The van der Waals surface area contributed by atoms with Crippen molar-refractivity contribution in [1.29, 1.82) is 0 Å². The average Bonchev–Trinajstić information content (AvgIpc) is 3.38. The molecule has 15 nitrogen and oxygen atoms in total. The fourth-order valence-corrected chi connectivity index (χ4v) is 6.87. The standard InChI is InChI=1S/C39H49NO14/c1-17-11-10-12-18(2)38(49)40-24-15-26(51-16-27(42)43)28-29(34(24)47)33(46)22(6)36-30(28)37(48)39(8,54-36)52-14-13-25(50-9)19(3)35(53-23(7)41)21(5)32(45)20(4)31(17)44/h10-15,17,19-21,25,31-32,35,44-47H,16H2,1-9H3,(H,40,49)(H,42,43)/p-2/t17-,19+,20+,21+,25-,31-,32+,35+,39-/m0/s1. The smallest absolute Gasteiger partial charge is 0.312 e. The van der Waals surface area contributed by atoms with E-state index in [1.54, 1.807) is 33.8 Å². The summed E-state index contributed by atoms with van der Waals surface area (Å²) in [4.78, 5) is 51.2. The Morgan fingerprint density at radius 2 is 1.69 bits per heavy atom. The Labute approximate surface area is 312 Å². The van der Waals surface area contributed by atoms with Crippen LogP contribution in [0.2, 0.25) is 0 Å². The van der Waals surface area contributed by atoms with Gasteiger partial charge in [0.1, 0.15) is 30.0 Å². The minimum absolute atomic E-state index is 0.0933. The normalized spacial score (nSPS) is 29.4. The second-order valence-corrected chi connectivity index (χ2v) is 14.0. The average molecular weight is 754 g/mol. The molecule has 5 bridgehead atoms. The number of benzene rings is 2. The van der Waals surface area contributed by atoms with Crippen LogP contribution >= 0.6 is 0 Å². The van der Waals surface area contributed by atoms with E-state index < -0.39 is 101 Å². The van der Waals surface area contributed by atoms with Gasteiger partial charge in [-0.25, -0.2) is 0 Å². The van der Waals surface area contributed by atoms with E-state index in [-0.39, 0.29) is 39.3 Å². The van der Waals surface area contributed by atoms with Crippen LogP contribution in [0.15, 0.2) is 42.2 Å². The van der Waals surface area contributed by atoms with Crippen LogP contribution < -0.4 is 25.0 Å². The molecule has 54 heavy (non-hydrogen) atoms. The van der Waals surface area contributed by atoms with Gasteiger partial charge in [-0.15, -0.1) is 0 Å². The van der Waals surface area contributed by atoms with Gasteiger partial charge in [0.15, 0.2) is 0 Å². The van der Waals surface area contributed by atoms with Crippen LogP contribution in [0.3, 0.4) is 0 Å². The molecule has 0 aliphatic carbocycles. The molecule has 9 atom stereocenters. The second kappa shape index (κ2) is 16.5. The first-order chi connectivity index (χ1) is 25.2. The Kier molecular flexibility index (Phi) is 12.7. The van der Waals surface area contributed by atoms with Gasteiger partial charge in [-0.2, -0.15) is 0 Å². The van der Waals surface area contributed by atoms with Crippen LogP contribution in [0.25, 0.3) is 10.8 Å². The predicted molar refractivity (Wildman–Crippen MR) is 190 cm³/mol. The number of aliphatic hydroxyl groups is 2. The minimum Gasteiger partial charge on any atom is -0.872 e. The molecule has 0 radical (unpaired) electrons. The van der Waals surface area contributed by atoms with Crippen LogP contribution in [0, 0.1) is 30.6 Å². The van der Waals surface area contributed by atoms with Crippen molar-refractivity contribution in [3.8, 4) is 23.0 Å². The fraction of sp³-hybridized carbons (Fsp3) is 0.487. The third-order valence-electron chi connectivity index (χ3n) is 10.1. The maximum absolute atomic E-state index is 14.2. The molecule has 2 aromatic carbocycles. The molecule has 5 rings (SSSR count). The number of phenols is 1. The number of ether oxygens (including phenoxy) is 5. The summed E-state index contributed by atoms with van der Waals surface area (Å²) in [5, 5.41) is 61.1. The minimum atomic E-state index is -2.09. The van der Waals surface area contributed by atoms with Gasteiger partial charge in [0.05, 0.1) is 41.8 Å². The summed E-state index contributed by atoms with van der Waals surface area (Å²) in [5.74, 6) is -10.5. The molecule has 0 fully saturated rings. The number of anilines is 1. The summed E-state index contributed by atoms with van der Waals surface area (Å²) in [6.45, 7) is 11.1. The zero-order valence-corrected chi connectivity index (χ0v) is 31.6. The van der Waals surface area contributed by atoms with Gasteiger partial charge in [-0.1, -0.05) is 51.7 Å². The molecule has 1 amide bonds. The highest BCUT2D eigenvalue weighted by Crippen LogP contribution is 2.53. The lowest BCUT2D eigenvalue weighted by Crippen LogP contribution is -2.46. The number of rotatable bonds is 5. The number of phenolic OH excluding ortho intramolecular Hbond substituents is 1. The molecule has 2 aromatic rings. The number of aromatic hydroxyl groups is 1. The number of fused-ring (bicyclic) bond motifs is 14. The van der Waals surface area contributed by atoms with Gasteiger partial charge in [0, 0.05) is 67.0 Å². The zero-order chi connectivity index (χ0) is 40.4. The van der Waals surface area contributed by atoms with E-state index in [1.807, 2.05) is 0 Å². The van der Waals surface area contributed by atoms with Gasteiger partial charge < -0.3 is 59.3 Å². The highest BCUT2D eigenvalue weighted by Gasteiger charge is 2.49. The molecule has 4 N–H and O–H groups in total. The van der Waals surface area contributed by atoms with Gasteiger partial charge in [-0.3, -0.25) is 14.4 Å². The van der Waals surface area contributed by atoms with Gasteiger partial charge in [-0.05, 0) is 25.5 Å². The van der Waals surface area contributed by atoms with Crippen molar-refractivity contribution in [2.75, 3.05) is 19.0 Å². The SMILES string of the molecule is CO[C@H]1C=CO[C@@]2(C)Oc3c(C)c([O-])c4c(O)c(cc(OCC(=O)[O-])c4c3C2=O)NC(=O)C(C)=CC=C[C@H](C)[C@H](O)[C@@H](C)[C@@H](O)[C@@H](C)[C@H](OC(C)=O)[C@@H]1C. The van der Waals surface area contributed by atoms with Crippen molar-refractivity contribution in [1.82, 2.24) is 0 Å². The number of carboxylic acid groups (broad SMARTS) is 1. The Morgan fingerprint density at radius 1 is 1.02 bits per heavy atom. The molecular formula is C39H47NO14-2. The van der Waals surface area contributed by atoms with Crippen LogP contribution in [0.4, 0.5) is 5.69 Å². The monoisotopic (exact) mass is 753 g/mol. The number of methoxy groups -OCH3 is 1. The van der Waals surface area contributed by atoms with Crippen molar-refractivity contribution in [3.05, 3.63) is 53.3 Å². The molecule has 0 saturated heterocycles. The van der Waals surface area contributed by atoms with Crippen molar-refractivity contribution >= 4 is 40.1 Å². The maximum atomic E-state index is 14.2. The van der Waals surface area contributed by atoms with Crippen LogP contribution in [-0.2, 0) is 28.6 Å². The van der Waals surface area contributed by atoms with E-state index in [4.69, 9.17) is 23.7 Å². The predicted octanol–water partition coefficient (Wildman–Crippen LogP) is 2.55. The summed E-state index contributed by atoms with van der Waals surface area (Å²) in [7, 11) is 1.40. The molecule has 0 unspecified atom stereocenters. The lowest BCUT2D eigenvalue weighted by atomic mass is 9.78. The number of amides is 1. The second-order valence-electron chi connectivity index (χ2n) is 14.0. The van der Waals surface area contributed by atoms with E-state index in [0.717, 1.165) is 12.3 Å². The molecule has 0 saturated carbocycles. The van der Waals surface area contributed by atoms with Crippen molar-refractivity contribution in [2.24, 2.45) is 23.7 Å². The van der Waals surface area contributed by atoms with Crippen LogP contribution in [0.1, 0.15) is 64.4 Å². The van der Waals surface area contributed by atoms with Crippen molar-refractivity contribution < 1.29 is 68.4 Å². The molecular weight excluding hydrogens is 706 g/mol. The lowest BCUT2D eigenvalue weighted by Gasteiger charge is -2.38. The van der Waals surface area contributed by atoms with E-state index in [2.05, 4.69) is 5.32 Å². The topological polar surface area (TPSA) is 233 Å². The summed E-state index contributed by atoms with van der Waals surface area (Å²) < 4.78 is 28.7. The van der Waals surface area contributed by atoms with Gasteiger partial charge in [0.2, 0.25) is 0 Å². The third kappa shape index (κ3) is 8.17. The van der Waals surface area contributed by atoms with E-state index in [1.165, 1.54) is 53.0 Å². The fourth-order valence-electron chi connectivity index (χ4n) is 6.87. The number of aliphatic carboxylic acids is 1. The first kappa shape index (κ1) is 41.6. The number of hydrogen-bond donors (Lipinski definition) is 4. The molecule has 15 heteroatoms. The van der Waals surface area contributed by atoms with Crippen molar-refractivity contribution in [3.63, 3.8) is 0 Å². The number of nitrogens with one attached hydrogen (secondary N) is 1. The Balaban J connectivity index is 1.93. The number of carbonyl (C=O) groups is 4. The van der Waals surface area contributed by atoms with Crippen LogP contribution in [-0.4, -0.2) is 82.9 Å². The highest BCUT2D eigenvalue weighted by molar-refractivity contribution is 6.21. The molecule has 0 aromatic heterocycles. The maximum Gasteiger partial charge on any atom is 0.312 e. The number of hydrogen-bond acceptors (Lipinski definition) is 14. The number of esters is 1. The summed E-state index contributed by atoms with van der Waals surface area (Å²) in [6, 6.07) is 1.08. The summed E-state index contributed by atoms with van der Waals surface area (Å²) >= 11 is 0. The highest BCUT2D eigenvalue weighted by atomic mass is 16.7. The number of aliphatic hydroxyl groups excluding tert-OH is 2. The van der Waals surface area contributed by atoms with Gasteiger partial charge in [0.25, 0.3) is 11.7 Å². The van der Waals surface area contributed by atoms with E-state index >= 15 is 0 Å². The van der Waals surface area contributed by atoms with E-state index in [0.29, 0.717) is 0 Å². The lowest BCUT2D eigenvalue weighted by molar-refractivity contribution is -0.307. The molecule has 3 heterocycles. The van der Waals surface area contributed by atoms with Gasteiger partial charge >= 0.3 is 11.8 Å². The Morgan fingerprint density at radius 3 is 2.30 bits per heavy atom. The molecule has 0 spiro atoms. The number of Topliss-reactive ketones (excluding diaryl/α,β-unsaturated/α-hetero) is 1. The molecule has 294 valence electrons.